The predicted molar refractivity (Wildman–Crippen MR) is 152 cm³/mol. The average Bonchev–Trinajstić information content (AvgIpc) is 3.60. The molecule has 2 aromatic heterocycles. The van der Waals surface area contributed by atoms with Crippen molar-refractivity contribution >= 4 is 38.0 Å². The molecule has 0 saturated heterocycles. The fourth-order valence-corrected chi connectivity index (χ4v) is 6.12. The summed E-state index contributed by atoms with van der Waals surface area (Å²) >= 11 is 0.919. The Balaban J connectivity index is 1.43. The number of ether oxygens (including phenoxy) is 2. The van der Waals surface area contributed by atoms with Crippen molar-refractivity contribution in [2.45, 2.75) is 23.3 Å². The minimum atomic E-state index is -3.41. The van der Waals surface area contributed by atoms with Crippen LogP contribution in [0.15, 0.2) is 89.3 Å². The zero-order chi connectivity index (χ0) is 28.4. The van der Waals surface area contributed by atoms with E-state index in [-0.39, 0.29) is 14.9 Å². The van der Waals surface area contributed by atoms with Gasteiger partial charge in [-0.25, -0.2) is 17.5 Å². The van der Waals surface area contributed by atoms with Crippen LogP contribution >= 0.6 is 11.3 Å². The van der Waals surface area contributed by atoms with E-state index in [9.17, 15) is 17.6 Å². The van der Waals surface area contributed by atoms with Gasteiger partial charge in [0, 0.05) is 11.6 Å². The lowest BCUT2D eigenvalue weighted by atomic mass is 10.0. The molecule has 0 aliphatic rings. The van der Waals surface area contributed by atoms with E-state index >= 15 is 0 Å². The molecule has 0 aliphatic carbocycles. The number of carbonyl (C=O) groups is 1. The molecule has 0 fully saturated rings. The van der Waals surface area contributed by atoms with Gasteiger partial charge in [0.25, 0.3) is 5.91 Å². The van der Waals surface area contributed by atoms with E-state index in [1.54, 1.807) is 30.1 Å². The minimum absolute atomic E-state index is 0.125. The minimum Gasteiger partial charge on any atom is -0.497 e. The molecular formula is C29H26FN3O5S2. The monoisotopic (exact) mass is 579 g/mol. The van der Waals surface area contributed by atoms with E-state index in [4.69, 9.17) is 9.47 Å². The van der Waals surface area contributed by atoms with Crippen molar-refractivity contribution in [3.63, 3.8) is 0 Å². The van der Waals surface area contributed by atoms with Gasteiger partial charge in [0.2, 0.25) is 0 Å². The first-order valence-corrected chi connectivity index (χ1v) is 15.0. The Morgan fingerprint density at radius 1 is 1.02 bits per heavy atom. The van der Waals surface area contributed by atoms with Gasteiger partial charge in [-0.05, 0) is 79.2 Å². The van der Waals surface area contributed by atoms with E-state index in [2.05, 4.69) is 10.4 Å². The zero-order valence-corrected chi connectivity index (χ0v) is 23.5. The normalized spacial score (nSPS) is 13.1. The van der Waals surface area contributed by atoms with Crippen LogP contribution in [0.3, 0.4) is 0 Å². The van der Waals surface area contributed by atoms with Gasteiger partial charge in [-0.3, -0.25) is 4.79 Å². The highest BCUT2D eigenvalue weighted by atomic mass is 32.2. The van der Waals surface area contributed by atoms with Crippen molar-refractivity contribution in [2.75, 3.05) is 13.4 Å². The van der Waals surface area contributed by atoms with Crippen molar-refractivity contribution in [3.05, 3.63) is 101 Å². The Morgan fingerprint density at radius 3 is 2.50 bits per heavy atom. The number of carbonyl (C=O) groups excluding carboxylic acids is 1. The van der Waals surface area contributed by atoms with Gasteiger partial charge in [0.05, 0.1) is 35.4 Å². The molecule has 0 saturated carbocycles. The van der Waals surface area contributed by atoms with Crippen molar-refractivity contribution < 1.29 is 27.1 Å². The molecule has 40 heavy (non-hydrogen) atoms. The summed E-state index contributed by atoms with van der Waals surface area (Å²) in [5.41, 5.74) is 2.32. The van der Waals surface area contributed by atoms with Gasteiger partial charge >= 0.3 is 0 Å². The number of sulfone groups is 1. The second kappa shape index (κ2) is 11.1. The summed E-state index contributed by atoms with van der Waals surface area (Å²) in [5, 5.41) is 8.21. The van der Waals surface area contributed by atoms with Gasteiger partial charge in [-0.2, -0.15) is 5.10 Å². The third kappa shape index (κ3) is 5.85. The summed E-state index contributed by atoms with van der Waals surface area (Å²) in [6.07, 6.45) is 2.20. The molecule has 2 atom stereocenters. The third-order valence-corrected chi connectivity index (χ3v) is 9.18. The maximum absolute atomic E-state index is 13.4. The Morgan fingerprint density at radius 2 is 1.80 bits per heavy atom. The first-order chi connectivity index (χ1) is 19.1. The number of thiophene rings is 1. The Labute approximate surface area is 234 Å². The van der Waals surface area contributed by atoms with Crippen molar-refractivity contribution in [2.24, 2.45) is 0 Å². The van der Waals surface area contributed by atoms with Crippen LogP contribution in [-0.4, -0.2) is 43.5 Å². The van der Waals surface area contributed by atoms with Crippen LogP contribution < -0.4 is 14.8 Å². The highest BCUT2D eigenvalue weighted by Gasteiger charge is 2.26. The predicted octanol–water partition coefficient (Wildman–Crippen LogP) is 5.58. The third-order valence-electron chi connectivity index (χ3n) is 6.28. The molecule has 1 amide bonds. The molecule has 0 spiro atoms. The number of nitrogens with zero attached hydrogens (tertiary/aromatic N) is 2. The molecule has 3 aromatic carbocycles. The SMILES string of the molecule is COc1cccc([C@@H](Oc2ccc3c(cnn3-c3ccc(F)cc3)c2)[C@H](C)NC(=O)c2ccc(S(C)(=O)=O)s2)c1. The number of rotatable bonds is 9. The lowest BCUT2D eigenvalue weighted by Crippen LogP contribution is -2.39. The first-order valence-electron chi connectivity index (χ1n) is 12.3. The summed E-state index contributed by atoms with van der Waals surface area (Å²) in [7, 11) is -1.84. The quantitative estimate of drug-likeness (QED) is 0.245. The number of fused-ring (bicyclic) bond motifs is 1. The first kappa shape index (κ1) is 27.4. The smallest absolute Gasteiger partial charge is 0.261 e. The largest absolute Gasteiger partial charge is 0.497 e. The number of hydrogen-bond acceptors (Lipinski definition) is 7. The summed E-state index contributed by atoms with van der Waals surface area (Å²) < 4.78 is 50.8. The second-order valence-corrected chi connectivity index (χ2v) is 12.5. The van der Waals surface area contributed by atoms with Crippen LogP contribution in [0.4, 0.5) is 4.39 Å². The molecule has 5 aromatic rings. The summed E-state index contributed by atoms with van der Waals surface area (Å²) in [6.45, 7) is 1.82. The van der Waals surface area contributed by atoms with E-state index in [1.807, 2.05) is 49.4 Å². The molecular weight excluding hydrogens is 553 g/mol. The fraction of sp³-hybridized carbons (Fsp3) is 0.172. The molecule has 0 radical (unpaired) electrons. The Bertz CT molecular complexity index is 1780. The Kier molecular flexibility index (Phi) is 7.59. The lowest BCUT2D eigenvalue weighted by molar-refractivity contribution is 0.0886. The molecule has 0 unspecified atom stereocenters. The molecule has 2 heterocycles. The fourth-order valence-electron chi connectivity index (χ4n) is 4.29. The van der Waals surface area contributed by atoms with Crippen LogP contribution in [0.5, 0.6) is 11.5 Å². The highest BCUT2D eigenvalue weighted by molar-refractivity contribution is 7.92. The lowest BCUT2D eigenvalue weighted by Gasteiger charge is -2.27. The van der Waals surface area contributed by atoms with E-state index in [0.717, 1.165) is 39.7 Å². The number of aromatic nitrogens is 2. The van der Waals surface area contributed by atoms with E-state index in [0.29, 0.717) is 11.5 Å². The number of nitrogens with one attached hydrogen (secondary N) is 1. The molecule has 0 aliphatic heterocycles. The molecule has 0 bridgehead atoms. The van der Waals surface area contributed by atoms with Gasteiger partial charge in [0.1, 0.15) is 27.6 Å². The van der Waals surface area contributed by atoms with Crippen LogP contribution in [-0.2, 0) is 9.84 Å². The van der Waals surface area contributed by atoms with E-state index in [1.165, 1.54) is 24.3 Å². The van der Waals surface area contributed by atoms with Crippen LogP contribution in [0.1, 0.15) is 28.3 Å². The maximum Gasteiger partial charge on any atom is 0.261 e. The number of hydrogen-bond donors (Lipinski definition) is 1. The van der Waals surface area contributed by atoms with Crippen LogP contribution in [0.25, 0.3) is 16.6 Å². The average molecular weight is 580 g/mol. The molecule has 206 valence electrons. The molecule has 5 rings (SSSR count). The summed E-state index contributed by atoms with van der Waals surface area (Å²) in [5.74, 6) is 0.461. The summed E-state index contributed by atoms with van der Waals surface area (Å²) in [4.78, 5) is 13.3. The highest BCUT2D eigenvalue weighted by Crippen LogP contribution is 2.31. The van der Waals surface area contributed by atoms with Gasteiger partial charge in [-0.15, -0.1) is 11.3 Å². The van der Waals surface area contributed by atoms with Crippen molar-refractivity contribution in [3.8, 4) is 17.2 Å². The topological polar surface area (TPSA) is 99.5 Å². The molecule has 1 N–H and O–H groups in total. The maximum atomic E-state index is 13.4. The van der Waals surface area contributed by atoms with Crippen LogP contribution in [0.2, 0.25) is 0 Å². The molecule has 11 heteroatoms. The van der Waals surface area contributed by atoms with E-state index < -0.39 is 27.9 Å². The van der Waals surface area contributed by atoms with Gasteiger partial charge in [-0.1, -0.05) is 12.1 Å². The van der Waals surface area contributed by atoms with Crippen molar-refractivity contribution in [1.82, 2.24) is 15.1 Å². The summed E-state index contributed by atoms with van der Waals surface area (Å²) in [6, 6.07) is 21.4. The van der Waals surface area contributed by atoms with Crippen LogP contribution in [0, 0.1) is 5.82 Å². The molecule has 8 nitrogen and oxygen atoms in total. The zero-order valence-electron chi connectivity index (χ0n) is 21.9. The number of benzene rings is 3. The van der Waals surface area contributed by atoms with Crippen molar-refractivity contribution in [1.29, 1.82) is 0 Å². The van der Waals surface area contributed by atoms with Gasteiger partial charge < -0.3 is 14.8 Å². The number of halogens is 1. The standard InChI is InChI=1S/C29H26FN3O5S2/c1-18(32-29(34)26-13-14-27(39-26)40(3,35)36)28(19-5-4-6-23(15-19)37-2)38-24-11-12-25-20(16-24)17-31-33(25)22-9-7-21(30)8-10-22/h4-18,28H,1-3H3,(H,32,34)/t18-,28-/m0/s1. The number of methoxy groups -OCH3 is 1. The Hall–Kier alpha value is -4.22. The number of amides is 1. The van der Waals surface area contributed by atoms with Gasteiger partial charge in [0.15, 0.2) is 9.84 Å². The second-order valence-electron chi connectivity index (χ2n) is 9.22.